The summed E-state index contributed by atoms with van der Waals surface area (Å²) in [5.74, 6) is -2.38. The van der Waals surface area contributed by atoms with E-state index in [9.17, 15) is 18.8 Å². The predicted molar refractivity (Wildman–Crippen MR) is 65.2 cm³/mol. The lowest BCUT2D eigenvalue weighted by molar-refractivity contribution is -0.141. The van der Waals surface area contributed by atoms with Crippen molar-refractivity contribution in [1.29, 1.82) is 0 Å². The van der Waals surface area contributed by atoms with E-state index in [1.807, 2.05) is 0 Å². The highest BCUT2D eigenvalue weighted by Gasteiger charge is 2.15. The van der Waals surface area contributed by atoms with E-state index in [-0.39, 0.29) is 18.6 Å². The Labute approximate surface area is 109 Å². The van der Waals surface area contributed by atoms with Crippen molar-refractivity contribution in [2.45, 2.75) is 25.8 Å². The van der Waals surface area contributed by atoms with Gasteiger partial charge < -0.3 is 10.4 Å². The van der Waals surface area contributed by atoms with Gasteiger partial charge in [-0.25, -0.2) is 4.39 Å². The Morgan fingerprint density at radius 1 is 1.21 bits per heavy atom. The fourth-order valence-corrected chi connectivity index (χ4v) is 1.38. The number of ketones is 1. The first kappa shape index (κ1) is 14.8. The number of hydrogen-bond acceptors (Lipinski definition) is 3. The van der Waals surface area contributed by atoms with E-state index in [0.717, 1.165) is 0 Å². The number of carbonyl (C=O) groups excluding carboxylic acids is 2. The van der Waals surface area contributed by atoms with Crippen LogP contribution in [0.2, 0.25) is 0 Å². The van der Waals surface area contributed by atoms with Crippen molar-refractivity contribution in [3.05, 3.63) is 35.6 Å². The number of hydrogen-bond donors (Lipinski definition) is 2. The maximum absolute atomic E-state index is 12.7. The SMILES string of the molecule is C[C@@H](NC(=O)CCC(=O)c1ccc(F)cc1)C(=O)O. The van der Waals surface area contributed by atoms with Crippen LogP contribution in [0.1, 0.15) is 30.1 Å². The summed E-state index contributed by atoms with van der Waals surface area (Å²) in [5.41, 5.74) is 0.320. The molecule has 1 aromatic rings. The monoisotopic (exact) mass is 267 g/mol. The number of nitrogens with one attached hydrogen (secondary N) is 1. The van der Waals surface area contributed by atoms with Gasteiger partial charge in [-0.2, -0.15) is 0 Å². The molecule has 1 atom stereocenters. The number of rotatable bonds is 6. The van der Waals surface area contributed by atoms with E-state index in [1.54, 1.807) is 0 Å². The van der Waals surface area contributed by atoms with Crippen LogP contribution in [0.3, 0.4) is 0 Å². The number of aliphatic carboxylic acids is 1. The van der Waals surface area contributed by atoms with Crippen molar-refractivity contribution >= 4 is 17.7 Å². The second-order valence-corrected chi connectivity index (χ2v) is 4.06. The summed E-state index contributed by atoms with van der Waals surface area (Å²) >= 11 is 0. The molecule has 0 aromatic heterocycles. The Morgan fingerprint density at radius 2 is 1.79 bits per heavy atom. The molecule has 0 fully saturated rings. The molecule has 0 aliphatic heterocycles. The Bertz CT molecular complexity index is 484. The maximum atomic E-state index is 12.7. The summed E-state index contributed by atoms with van der Waals surface area (Å²) < 4.78 is 12.7. The highest BCUT2D eigenvalue weighted by Crippen LogP contribution is 2.07. The van der Waals surface area contributed by atoms with Crippen molar-refractivity contribution < 1.29 is 23.9 Å². The normalized spacial score (nSPS) is 11.7. The lowest BCUT2D eigenvalue weighted by Crippen LogP contribution is -2.38. The quantitative estimate of drug-likeness (QED) is 0.763. The second-order valence-electron chi connectivity index (χ2n) is 4.06. The van der Waals surface area contributed by atoms with Gasteiger partial charge in [0.1, 0.15) is 11.9 Å². The van der Waals surface area contributed by atoms with Crippen molar-refractivity contribution in [1.82, 2.24) is 5.32 Å². The van der Waals surface area contributed by atoms with Crippen LogP contribution in [0.5, 0.6) is 0 Å². The molecule has 1 amide bonds. The molecule has 5 nitrogen and oxygen atoms in total. The molecule has 6 heteroatoms. The number of amides is 1. The van der Waals surface area contributed by atoms with Crippen molar-refractivity contribution in [2.24, 2.45) is 0 Å². The Balaban J connectivity index is 2.44. The van der Waals surface area contributed by atoms with Crippen LogP contribution in [-0.2, 0) is 9.59 Å². The third kappa shape index (κ3) is 4.87. The molecule has 0 radical (unpaired) electrons. The molecule has 1 rings (SSSR count). The number of carboxylic acids is 1. The average molecular weight is 267 g/mol. The highest BCUT2D eigenvalue weighted by molar-refractivity contribution is 5.98. The third-order valence-corrected chi connectivity index (χ3v) is 2.49. The molecular formula is C13H14FNO4. The minimum Gasteiger partial charge on any atom is -0.480 e. The smallest absolute Gasteiger partial charge is 0.325 e. The van der Waals surface area contributed by atoms with Crippen LogP contribution in [0.15, 0.2) is 24.3 Å². The van der Waals surface area contributed by atoms with Crippen molar-refractivity contribution in [3.8, 4) is 0 Å². The number of halogens is 1. The van der Waals surface area contributed by atoms with E-state index < -0.39 is 23.7 Å². The zero-order chi connectivity index (χ0) is 14.4. The van der Waals surface area contributed by atoms with Gasteiger partial charge in [0.05, 0.1) is 0 Å². The zero-order valence-electron chi connectivity index (χ0n) is 10.4. The largest absolute Gasteiger partial charge is 0.480 e. The van der Waals surface area contributed by atoms with Crippen LogP contribution in [-0.4, -0.2) is 28.8 Å². The van der Waals surface area contributed by atoms with Gasteiger partial charge in [0.2, 0.25) is 5.91 Å². The second kappa shape index (κ2) is 6.63. The van der Waals surface area contributed by atoms with E-state index >= 15 is 0 Å². The van der Waals surface area contributed by atoms with Crippen LogP contribution >= 0.6 is 0 Å². The highest BCUT2D eigenvalue weighted by atomic mass is 19.1. The molecule has 102 valence electrons. The molecule has 0 aliphatic rings. The molecule has 0 saturated carbocycles. The van der Waals surface area contributed by atoms with Gasteiger partial charge in [-0.3, -0.25) is 14.4 Å². The van der Waals surface area contributed by atoms with E-state index in [1.165, 1.54) is 31.2 Å². The number of benzene rings is 1. The lowest BCUT2D eigenvalue weighted by Gasteiger charge is -2.08. The van der Waals surface area contributed by atoms with Gasteiger partial charge in [0.15, 0.2) is 5.78 Å². The first-order valence-electron chi connectivity index (χ1n) is 5.71. The standard InChI is InChI=1S/C13H14FNO4/c1-8(13(18)19)15-12(17)7-6-11(16)9-2-4-10(14)5-3-9/h2-5,8H,6-7H2,1H3,(H,15,17)(H,18,19)/t8-/m1/s1. The minimum absolute atomic E-state index is 0.0518. The van der Waals surface area contributed by atoms with E-state index in [4.69, 9.17) is 5.11 Å². The van der Waals surface area contributed by atoms with Crippen LogP contribution in [0.4, 0.5) is 4.39 Å². The van der Waals surface area contributed by atoms with Gasteiger partial charge >= 0.3 is 5.97 Å². The van der Waals surface area contributed by atoms with Gasteiger partial charge in [-0.1, -0.05) is 0 Å². The molecule has 0 heterocycles. The molecule has 0 unspecified atom stereocenters. The molecule has 0 spiro atoms. The van der Waals surface area contributed by atoms with Gasteiger partial charge in [-0.05, 0) is 31.2 Å². The first-order chi connectivity index (χ1) is 8.90. The zero-order valence-corrected chi connectivity index (χ0v) is 10.4. The van der Waals surface area contributed by atoms with E-state index in [2.05, 4.69) is 5.32 Å². The molecule has 1 aromatic carbocycles. The Kier molecular flexibility index (Phi) is 5.17. The first-order valence-corrected chi connectivity index (χ1v) is 5.71. The molecular weight excluding hydrogens is 253 g/mol. The molecule has 0 saturated heterocycles. The average Bonchev–Trinajstić information content (AvgIpc) is 2.36. The third-order valence-electron chi connectivity index (χ3n) is 2.49. The summed E-state index contributed by atoms with van der Waals surface area (Å²) in [6, 6.07) is 4.03. The number of carboxylic acid groups (broad SMARTS) is 1. The molecule has 2 N–H and O–H groups in total. The molecule has 0 bridgehead atoms. The topological polar surface area (TPSA) is 83.5 Å². The molecule has 0 aliphatic carbocycles. The van der Waals surface area contributed by atoms with Gasteiger partial charge in [0.25, 0.3) is 0 Å². The summed E-state index contributed by atoms with van der Waals surface area (Å²) in [6.45, 7) is 1.34. The Hall–Kier alpha value is -2.24. The van der Waals surface area contributed by atoms with Crippen molar-refractivity contribution in [2.75, 3.05) is 0 Å². The Morgan fingerprint density at radius 3 is 2.32 bits per heavy atom. The fourth-order valence-electron chi connectivity index (χ4n) is 1.38. The van der Waals surface area contributed by atoms with E-state index in [0.29, 0.717) is 5.56 Å². The van der Waals surface area contributed by atoms with Crippen molar-refractivity contribution in [3.63, 3.8) is 0 Å². The number of carbonyl (C=O) groups is 3. The maximum Gasteiger partial charge on any atom is 0.325 e. The summed E-state index contributed by atoms with van der Waals surface area (Å²) in [4.78, 5) is 33.5. The van der Waals surface area contributed by atoms with Gasteiger partial charge in [-0.15, -0.1) is 0 Å². The lowest BCUT2D eigenvalue weighted by atomic mass is 10.1. The summed E-state index contributed by atoms with van der Waals surface area (Å²) in [7, 11) is 0. The summed E-state index contributed by atoms with van der Waals surface area (Å²) in [6.07, 6.45) is -0.155. The molecule has 19 heavy (non-hydrogen) atoms. The van der Waals surface area contributed by atoms with Crippen LogP contribution in [0.25, 0.3) is 0 Å². The van der Waals surface area contributed by atoms with Gasteiger partial charge in [0, 0.05) is 18.4 Å². The fraction of sp³-hybridized carbons (Fsp3) is 0.308. The number of Topliss-reactive ketones (excluding diaryl/α,β-unsaturated/α-hetero) is 1. The predicted octanol–water partition coefficient (Wildman–Crippen LogP) is 1.38. The minimum atomic E-state index is -1.14. The van der Waals surface area contributed by atoms with Crippen LogP contribution < -0.4 is 5.32 Å². The summed E-state index contributed by atoms with van der Waals surface area (Å²) in [5, 5.41) is 10.8. The van der Waals surface area contributed by atoms with Crippen LogP contribution in [0, 0.1) is 5.82 Å².